The van der Waals surface area contributed by atoms with E-state index in [0.29, 0.717) is 6.04 Å². The predicted molar refractivity (Wildman–Crippen MR) is 57.1 cm³/mol. The van der Waals surface area contributed by atoms with E-state index in [9.17, 15) is 0 Å². The van der Waals surface area contributed by atoms with Crippen LogP contribution < -0.4 is 0 Å². The van der Waals surface area contributed by atoms with Crippen LogP contribution in [0.4, 0.5) is 0 Å². The molecular weight excluding hydrogens is 174 g/mol. The van der Waals surface area contributed by atoms with Gasteiger partial charge in [0.1, 0.15) is 5.52 Å². The van der Waals surface area contributed by atoms with Crippen molar-refractivity contribution in [3.8, 4) is 0 Å². The molecule has 3 nitrogen and oxygen atoms in total. The van der Waals surface area contributed by atoms with Gasteiger partial charge in [0.25, 0.3) is 0 Å². The highest BCUT2D eigenvalue weighted by Crippen LogP contribution is 2.18. The van der Waals surface area contributed by atoms with Crippen LogP contribution >= 0.6 is 0 Å². The molecule has 0 radical (unpaired) electrons. The molecule has 1 unspecified atom stereocenters. The molecule has 14 heavy (non-hydrogen) atoms. The minimum absolute atomic E-state index is 0.486. The van der Waals surface area contributed by atoms with Crippen LogP contribution in [-0.4, -0.2) is 14.5 Å². The van der Waals surface area contributed by atoms with Crippen LogP contribution in [0.2, 0.25) is 0 Å². The van der Waals surface area contributed by atoms with Gasteiger partial charge in [-0.15, -0.1) is 0 Å². The van der Waals surface area contributed by atoms with E-state index in [4.69, 9.17) is 0 Å². The molecule has 0 spiro atoms. The first-order valence-corrected chi connectivity index (χ1v) is 5.10. The summed E-state index contributed by atoms with van der Waals surface area (Å²) in [5.74, 6) is 0. The zero-order valence-electron chi connectivity index (χ0n) is 8.64. The maximum absolute atomic E-state index is 4.34. The lowest BCUT2D eigenvalue weighted by Gasteiger charge is -2.11. The van der Waals surface area contributed by atoms with Gasteiger partial charge >= 0.3 is 0 Å². The summed E-state index contributed by atoms with van der Waals surface area (Å²) < 4.78 is 2.15. The van der Waals surface area contributed by atoms with Crippen molar-refractivity contribution in [3.05, 3.63) is 24.7 Å². The number of aromatic nitrogens is 3. The third kappa shape index (κ3) is 1.50. The summed E-state index contributed by atoms with van der Waals surface area (Å²) in [5, 5.41) is 0. The average molecular weight is 189 g/mol. The van der Waals surface area contributed by atoms with Gasteiger partial charge in [-0.05, 0) is 25.5 Å². The van der Waals surface area contributed by atoms with Gasteiger partial charge in [0.05, 0.1) is 6.33 Å². The molecule has 0 N–H and O–H groups in total. The van der Waals surface area contributed by atoms with Gasteiger partial charge in [0.15, 0.2) is 5.65 Å². The highest BCUT2D eigenvalue weighted by atomic mass is 15.1. The molecule has 0 aliphatic rings. The van der Waals surface area contributed by atoms with E-state index < -0.39 is 0 Å². The molecule has 2 heterocycles. The van der Waals surface area contributed by atoms with E-state index in [0.717, 1.165) is 11.2 Å². The van der Waals surface area contributed by atoms with Gasteiger partial charge in [-0.2, -0.15) is 0 Å². The summed E-state index contributed by atoms with van der Waals surface area (Å²) in [6.45, 7) is 4.41. The Labute approximate surface area is 83.8 Å². The zero-order valence-corrected chi connectivity index (χ0v) is 8.64. The fourth-order valence-corrected chi connectivity index (χ4v) is 1.75. The van der Waals surface area contributed by atoms with Crippen molar-refractivity contribution >= 4 is 11.2 Å². The van der Waals surface area contributed by atoms with E-state index >= 15 is 0 Å². The summed E-state index contributed by atoms with van der Waals surface area (Å²) >= 11 is 0. The molecule has 3 heteroatoms. The van der Waals surface area contributed by atoms with Crippen molar-refractivity contribution in [2.45, 2.75) is 32.7 Å². The highest BCUT2D eigenvalue weighted by molar-refractivity contribution is 5.70. The second-order valence-electron chi connectivity index (χ2n) is 3.64. The van der Waals surface area contributed by atoms with Gasteiger partial charge in [-0.25, -0.2) is 9.97 Å². The Morgan fingerprint density at radius 2 is 2.29 bits per heavy atom. The average Bonchev–Trinajstić information content (AvgIpc) is 2.61. The first-order valence-electron chi connectivity index (χ1n) is 5.10. The zero-order chi connectivity index (χ0) is 9.97. The summed E-state index contributed by atoms with van der Waals surface area (Å²) in [5.41, 5.74) is 1.98. The van der Waals surface area contributed by atoms with Crippen molar-refractivity contribution in [3.63, 3.8) is 0 Å². The molecule has 0 amide bonds. The second kappa shape index (κ2) is 3.78. The summed E-state index contributed by atoms with van der Waals surface area (Å²) in [6.07, 6.45) is 6.06. The largest absolute Gasteiger partial charge is 0.312 e. The van der Waals surface area contributed by atoms with E-state index in [1.54, 1.807) is 0 Å². The molecule has 0 saturated carbocycles. The van der Waals surface area contributed by atoms with Gasteiger partial charge in [0.2, 0.25) is 0 Å². The highest BCUT2D eigenvalue weighted by Gasteiger charge is 2.08. The molecule has 1 atom stereocenters. The number of fused-ring (bicyclic) bond motifs is 1. The first-order chi connectivity index (χ1) is 6.83. The van der Waals surface area contributed by atoms with Crippen LogP contribution in [0.25, 0.3) is 11.2 Å². The van der Waals surface area contributed by atoms with Crippen LogP contribution in [-0.2, 0) is 0 Å². The maximum Gasteiger partial charge on any atom is 0.160 e. The number of rotatable bonds is 3. The molecule has 0 fully saturated rings. The number of nitrogens with zero attached hydrogens (tertiary/aromatic N) is 3. The summed E-state index contributed by atoms with van der Waals surface area (Å²) in [7, 11) is 0. The molecule has 0 saturated heterocycles. The van der Waals surface area contributed by atoms with Crippen LogP contribution in [0.5, 0.6) is 0 Å². The number of imidazole rings is 1. The molecule has 0 aliphatic heterocycles. The van der Waals surface area contributed by atoms with Gasteiger partial charge in [0, 0.05) is 12.2 Å². The lowest BCUT2D eigenvalue weighted by molar-refractivity contribution is 0.509. The topological polar surface area (TPSA) is 30.7 Å². The standard InChI is InChI=1S/C11H15N3/c1-3-5-9(2)14-8-13-10-6-4-7-12-11(10)14/h4,6-9H,3,5H2,1-2H3. The lowest BCUT2D eigenvalue weighted by Crippen LogP contribution is -2.03. The first kappa shape index (κ1) is 9.19. The quantitative estimate of drug-likeness (QED) is 0.743. The Hall–Kier alpha value is -1.38. The number of pyridine rings is 1. The van der Waals surface area contributed by atoms with E-state index in [1.165, 1.54) is 12.8 Å². The number of hydrogen-bond donors (Lipinski definition) is 0. The van der Waals surface area contributed by atoms with Crippen molar-refractivity contribution in [1.29, 1.82) is 0 Å². The maximum atomic E-state index is 4.34. The van der Waals surface area contributed by atoms with Crippen molar-refractivity contribution < 1.29 is 0 Å². The lowest BCUT2D eigenvalue weighted by atomic mass is 10.2. The molecule has 2 aromatic heterocycles. The molecule has 2 aromatic rings. The van der Waals surface area contributed by atoms with Gasteiger partial charge in [-0.1, -0.05) is 13.3 Å². The van der Waals surface area contributed by atoms with Crippen molar-refractivity contribution in [2.24, 2.45) is 0 Å². The van der Waals surface area contributed by atoms with E-state index in [1.807, 2.05) is 24.7 Å². The van der Waals surface area contributed by atoms with Gasteiger partial charge in [-0.3, -0.25) is 0 Å². The Morgan fingerprint density at radius 1 is 1.43 bits per heavy atom. The third-order valence-corrected chi connectivity index (χ3v) is 2.51. The Bertz CT molecular complexity index is 419. The monoisotopic (exact) mass is 189 g/mol. The van der Waals surface area contributed by atoms with Crippen molar-refractivity contribution in [1.82, 2.24) is 14.5 Å². The fraction of sp³-hybridized carbons (Fsp3) is 0.455. The van der Waals surface area contributed by atoms with Crippen molar-refractivity contribution in [2.75, 3.05) is 0 Å². The van der Waals surface area contributed by atoms with Crippen LogP contribution in [0, 0.1) is 0 Å². The summed E-state index contributed by atoms with van der Waals surface area (Å²) in [4.78, 5) is 8.67. The Kier molecular flexibility index (Phi) is 2.48. The van der Waals surface area contributed by atoms with E-state index in [2.05, 4.69) is 28.4 Å². The molecule has 74 valence electrons. The van der Waals surface area contributed by atoms with Crippen LogP contribution in [0.3, 0.4) is 0 Å². The molecular formula is C11H15N3. The fourth-order valence-electron chi connectivity index (χ4n) is 1.75. The SMILES string of the molecule is CCCC(C)n1cnc2cccnc21. The van der Waals surface area contributed by atoms with Crippen LogP contribution in [0.1, 0.15) is 32.7 Å². The smallest absolute Gasteiger partial charge is 0.160 e. The molecule has 0 bridgehead atoms. The normalized spacial score (nSPS) is 13.3. The molecule has 2 rings (SSSR count). The molecule has 0 aromatic carbocycles. The third-order valence-electron chi connectivity index (χ3n) is 2.51. The second-order valence-corrected chi connectivity index (χ2v) is 3.64. The number of hydrogen-bond acceptors (Lipinski definition) is 2. The minimum atomic E-state index is 0.486. The Morgan fingerprint density at radius 3 is 3.07 bits per heavy atom. The molecule has 0 aliphatic carbocycles. The predicted octanol–water partition coefficient (Wildman–Crippen LogP) is 2.79. The van der Waals surface area contributed by atoms with E-state index in [-0.39, 0.29) is 0 Å². The Balaban J connectivity index is 2.42. The summed E-state index contributed by atoms with van der Waals surface area (Å²) in [6, 6.07) is 4.40. The minimum Gasteiger partial charge on any atom is -0.312 e. The van der Waals surface area contributed by atoms with Gasteiger partial charge < -0.3 is 4.57 Å². The van der Waals surface area contributed by atoms with Crippen LogP contribution in [0.15, 0.2) is 24.7 Å².